The van der Waals surface area contributed by atoms with Gasteiger partial charge in [0.05, 0.1) is 5.16 Å². The Hall–Kier alpha value is -0.900. The molecular weight excluding hydrogens is 327 g/mol. The highest BCUT2D eigenvalue weighted by atomic mass is 35.6. The Balaban J connectivity index is 2.69. The van der Waals surface area contributed by atoms with E-state index in [0.717, 1.165) is 5.56 Å². The van der Waals surface area contributed by atoms with Gasteiger partial charge >= 0.3 is 0 Å². The average molecular weight is 336 g/mol. The SMILES string of the molecule is O=C(/C=C/c1ccccc1)NC(N=C=S)C(Cl)(Cl)Cl. The quantitative estimate of drug-likeness (QED) is 0.395. The Kier molecular flexibility index (Phi) is 6.49. The van der Waals surface area contributed by atoms with Gasteiger partial charge < -0.3 is 5.32 Å². The van der Waals surface area contributed by atoms with Gasteiger partial charge in [-0.1, -0.05) is 65.1 Å². The van der Waals surface area contributed by atoms with Crippen LogP contribution < -0.4 is 5.32 Å². The molecule has 0 aliphatic carbocycles. The van der Waals surface area contributed by atoms with Crippen LogP contribution in [0.2, 0.25) is 0 Å². The van der Waals surface area contributed by atoms with Gasteiger partial charge in [-0.05, 0) is 23.9 Å². The van der Waals surface area contributed by atoms with Crippen molar-refractivity contribution in [3.05, 3.63) is 42.0 Å². The number of thiocarbonyl (C=S) groups is 1. The van der Waals surface area contributed by atoms with E-state index in [1.54, 1.807) is 6.08 Å². The summed E-state index contributed by atoms with van der Waals surface area (Å²) < 4.78 is -1.79. The number of hydrogen-bond acceptors (Lipinski definition) is 3. The van der Waals surface area contributed by atoms with Gasteiger partial charge in [0.15, 0.2) is 6.17 Å². The summed E-state index contributed by atoms with van der Waals surface area (Å²) in [6.45, 7) is 0. The number of carbonyl (C=O) groups excluding carboxylic acids is 1. The summed E-state index contributed by atoms with van der Waals surface area (Å²) in [5.74, 6) is -0.450. The fourth-order valence-electron chi connectivity index (χ4n) is 1.16. The number of carbonyl (C=O) groups is 1. The summed E-state index contributed by atoms with van der Waals surface area (Å²) in [6, 6.07) is 9.30. The topological polar surface area (TPSA) is 41.5 Å². The number of hydrogen-bond donors (Lipinski definition) is 1. The predicted molar refractivity (Wildman–Crippen MR) is 82.7 cm³/mol. The molecule has 1 aromatic rings. The molecule has 0 bridgehead atoms. The normalized spacial score (nSPS) is 12.8. The summed E-state index contributed by atoms with van der Waals surface area (Å²) in [5.41, 5.74) is 0.876. The zero-order valence-corrected chi connectivity index (χ0v) is 12.6. The first-order valence-corrected chi connectivity index (χ1v) is 6.65. The van der Waals surface area contributed by atoms with Crippen LogP contribution in [0.4, 0.5) is 0 Å². The van der Waals surface area contributed by atoms with Crippen LogP contribution in [0.1, 0.15) is 5.56 Å². The monoisotopic (exact) mass is 334 g/mol. The van der Waals surface area contributed by atoms with Crippen LogP contribution in [0.3, 0.4) is 0 Å². The van der Waals surface area contributed by atoms with Crippen molar-refractivity contribution in [3.63, 3.8) is 0 Å². The van der Waals surface area contributed by atoms with Crippen LogP contribution in [0, 0.1) is 0 Å². The van der Waals surface area contributed by atoms with Crippen molar-refractivity contribution in [2.45, 2.75) is 9.96 Å². The Morgan fingerprint density at radius 3 is 2.53 bits per heavy atom. The van der Waals surface area contributed by atoms with E-state index >= 15 is 0 Å². The smallest absolute Gasteiger partial charge is 0.245 e. The minimum absolute atomic E-state index is 0.450. The molecule has 1 N–H and O–H groups in total. The molecule has 0 fully saturated rings. The average Bonchev–Trinajstić information content (AvgIpc) is 2.36. The standard InChI is InChI=1S/C12H9Cl3N2OS/c13-12(14,15)11(16-8-19)17-10(18)7-6-9-4-2-1-3-5-9/h1-7,11H,(H,17,18)/b7-6+. The predicted octanol–water partition coefficient (Wildman–Crippen LogP) is 3.62. The Labute approximate surface area is 131 Å². The molecule has 19 heavy (non-hydrogen) atoms. The molecule has 100 valence electrons. The van der Waals surface area contributed by atoms with Gasteiger partial charge in [-0.3, -0.25) is 4.79 Å². The van der Waals surface area contributed by atoms with Crippen LogP contribution in [0.5, 0.6) is 0 Å². The van der Waals surface area contributed by atoms with Crippen molar-refractivity contribution in [2.75, 3.05) is 0 Å². The molecule has 1 atom stereocenters. The lowest BCUT2D eigenvalue weighted by Crippen LogP contribution is -2.41. The third kappa shape index (κ3) is 6.19. The van der Waals surface area contributed by atoms with Crippen molar-refractivity contribution in [3.8, 4) is 0 Å². The van der Waals surface area contributed by atoms with Crippen LogP contribution >= 0.6 is 47.0 Å². The molecule has 1 rings (SSSR count). The molecule has 0 aliphatic rings. The third-order valence-corrected chi connectivity index (χ3v) is 2.72. The van der Waals surface area contributed by atoms with Crippen LogP contribution in [-0.4, -0.2) is 21.0 Å². The molecule has 7 heteroatoms. The summed E-state index contributed by atoms with van der Waals surface area (Å²) >= 11 is 21.4. The Morgan fingerprint density at radius 2 is 2.00 bits per heavy atom. The highest BCUT2D eigenvalue weighted by Crippen LogP contribution is 2.30. The number of halogens is 3. The van der Waals surface area contributed by atoms with Gasteiger partial charge in [-0.2, -0.15) is 0 Å². The molecule has 3 nitrogen and oxygen atoms in total. The van der Waals surface area contributed by atoms with E-state index in [1.807, 2.05) is 30.3 Å². The van der Waals surface area contributed by atoms with Crippen LogP contribution in [-0.2, 0) is 4.79 Å². The number of benzene rings is 1. The second-order valence-electron chi connectivity index (χ2n) is 3.42. The lowest BCUT2D eigenvalue weighted by atomic mass is 10.2. The third-order valence-electron chi connectivity index (χ3n) is 2.00. The Morgan fingerprint density at radius 1 is 1.37 bits per heavy atom. The summed E-state index contributed by atoms with van der Waals surface area (Å²) in [7, 11) is 0. The maximum absolute atomic E-state index is 11.7. The zero-order valence-electron chi connectivity index (χ0n) is 9.52. The van der Waals surface area contributed by atoms with Crippen LogP contribution in [0.15, 0.2) is 41.4 Å². The number of aliphatic imine (C=N–C) groups is 1. The van der Waals surface area contributed by atoms with E-state index in [0.29, 0.717) is 0 Å². The number of nitrogens with one attached hydrogen (secondary N) is 1. The molecule has 1 aromatic carbocycles. The van der Waals surface area contributed by atoms with E-state index in [4.69, 9.17) is 34.8 Å². The van der Waals surface area contributed by atoms with E-state index < -0.39 is 15.9 Å². The summed E-state index contributed by atoms with van der Waals surface area (Å²) in [6.07, 6.45) is 1.87. The molecule has 0 radical (unpaired) electrons. The van der Waals surface area contributed by atoms with Gasteiger partial charge in [-0.25, -0.2) is 4.99 Å². The molecule has 0 saturated heterocycles. The molecule has 0 aromatic heterocycles. The van der Waals surface area contributed by atoms with E-state index in [1.165, 1.54) is 6.08 Å². The minimum atomic E-state index is -1.79. The number of amides is 1. The second-order valence-corrected chi connectivity index (χ2v) is 5.97. The molecular formula is C12H9Cl3N2OS. The fourth-order valence-corrected chi connectivity index (χ4v) is 1.57. The lowest BCUT2D eigenvalue weighted by molar-refractivity contribution is -0.117. The van der Waals surface area contributed by atoms with Crippen molar-refractivity contribution >= 4 is 64.2 Å². The maximum atomic E-state index is 11.7. The second kappa shape index (κ2) is 7.63. The first kappa shape index (κ1) is 16.2. The molecule has 0 heterocycles. The Bertz CT molecular complexity index is 507. The van der Waals surface area contributed by atoms with Gasteiger partial charge in [0.1, 0.15) is 0 Å². The molecule has 1 amide bonds. The van der Waals surface area contributed by atoms with Gasteiger partial charge in [0, 0.05) is 6.08 Å². The van der Waals surface area contributed by atoms with Crippen LogP contribution in [0.25, 0.3) is 6.08 Å². The summed E-state index contributed by atoms with van der Waals surface area (Å²) in [5, 5.41) is 4.48. The molecule has 0 saturated carbocycles. The molecule has 1 unspecified atom stereocenters. The number of alkyl halides is 3. The van der Waals surface area contributed by atoms with E-state index in [-0.39, 0.29) is 0 Å². The van der Waals surface area contributed by atoms with Gasteiger partial charge in [-0.15, -0.1) is 0 Å². The zero-order chi connectivity index (χ0) is 14.3. The number of rotatable bonds is 4. The largest absolute Gasteiger partial charge is 0.326 e. The van der Waals surface area contributed by atoms with E-state index in [9.17, 15) is 4.79 Å². The van der Waals surface area contributed by atoms with Crippen molar-refractivity contribution in [1.82, 2.24) is 5.32 Å². The number of nitrogens with zero attached hydrogens (tertiary/aromatic N) is 1. The summed E-state index contributed by atoms with van der Waals surface area (Å²) in [4.78, 5) is 15.2. The van der Waals surface area contributed by atoms with Crippen molar-refractivity contribution < 1.29 is 4.79 Å². The highest BCUT2D eigenvalue weighted by Gasteiger charge is 2.33. The van der Waals surface area contributed by atoms with Crippen molar-refractivity contribution in [1.29, 1.82) is 0 Å². The highest BCUT2D eigenvalue weighted by molar-refractivity contribution is 7.78. The fraction of sp³-hybridized carbons (Fsp3) is 0.167. The lowest BCUT2D eigenvalue weighted by Gasteiger charge is -2.19. The van der Waals surface area contributed by atoms with Gasteiger partial charge in [0.2, 0.25) is 9.70 Å². The minimum Gasteiger partial charge on any atom is -0.326 e. The number of isothiocyanates is 1. The molecule has 0 spiro atoms. The van der Waals surface area contributed by atoms with Crippen molar-refractivity contribution in [2.24, 2.45) is 4.99 Å². The maximum Gasteiger partial charge on any atom is 0.245 e. The first-order valence-electron chi connectivity index (χ1n) is 5.11. The van der Waals surface area contributed by atoms with E-state index in [2.05, 4.69) is 27.7 Å². The van der Waals surface area contributed by atoms with Gasteiger partial charge in [0.25, 0.3) is 0 Å². The molecule has 0 aliphatic heterocycles. The first-order chi connectivity index (χ1) is 8.93.